The van der Waals surface area contributed by atoms with Crippen LogP contribution in [0.15, 0.2) is 35.2 Å². The summed E-state index contributed by atoms with van der Waals surface area (Å²) >= 11 is 1.93. The second-order valence-corrected chi connectivity index (χ2v) is 5.41. The Kier molecular flexibility index (Phi) is 6.27. The molecule has 88 valence electrons. The zero-order valence-corrected chi connectivity index (χ0v) is 11.0. The molecule has 0 bridgehead atoms. The molecule has 1 aromatic rings. The normalized spacial score (nSPS) is 11.5. The second kappa shape index (κ2) is 7.53. The van der Waals surface area contributed by atoms with Crippen LogP contribution in [0, 0.1) is 5.92 Å². The van der Waals surface area contributed by atoms with Crippen LogP contribution < -0.4 is 5.73 Å². The lowest BCUT2D eigenvalue weighted by Gasteiger charge is -2.05. The molecule has 0 saturated carbocycles. The first-order valence-corrected chi connectivity index (χ1v) is 6.80. The molecule has 0 aliphatic rings. The molecular weight excluding hydrogens is 214 g/mol. The van der Waals surface area contributed by atoms with Gasteiger partial charge in [-0.3, -0.25) is 0 Å². The molecule has 2 heteroatoms. The Balaban J connectivity index is 2.50. The molecule has 1 rings (SSSR count). The summed E-state index contributed by atoms with van der Waals surface area (Å²) in [7, 11) is 0. The maximum absolute atomic E-state index is 5.44. The smallest absolute Gasteiger partial charge is 0.0110 e. The van der Waals surface area contributed by atoms with Crippen molar-refractivity contribution in [1.29, 1.82) is 0 Å². The Morgan fingerprint density at radius 3 is 2.88 bits per heavy atom. The van der Waals surface area contributed by atoms with E-state index in [1.165, 1.54) is 22.6 Å². The Bertz CT molecular complexity index is 331. The van der Waals surface area contributed by atoms with Crippen molar-refractivity contribution in [3.05, 3.63) is 35.9 Å². The van der Waals surface area contributed by atoms with E-state index in [4.69, 9.17) is 5.73 Å². The molecule has 0 fully saturated rings. The molecule has 0 radical (unpaired) electrons. The highest BCUT2D eigenvalue weighted by Gasteiger charge is 1.97. The Morgan fingerprint density at radius 1 is 1.38 bits per heavy atom. The van der Waals surface area contributed by atoms with E-state index in [-0.39, 0.29) is 0 Å². The molecule has 0 heterocycles. The van der Waals surface area contributed by atoms with Crippen LogP contribution in [-0.2, 0) is 0 Å². The van der Waals surface area contributed by atoms with Crippen molar-refractivity contribution in [2.24, 2.45) is 11.7 Å². The highest BCUT2D eigenvalue weighted by atomic mass is 32.2. The zero-order valence-electron chi connectivity index (χ0n) is 10.1. The van der Waals surface area contributed by atoms with Crippen molar-refractivity contribution >= 4 is 17.8 Å². The van der Waals surface area contributed by atoms with E-state index >= 15 is 0 Å². The van der Waals surface area contributed by atoms with Crippen LogP contribution in [0.5, 0.6) is 0 Å². The fraction of sp³-hybridized carbons (Fsp3) is 0.429. The third kappa shape index (κ3) is 5.38. The standard InChI is InChI=1S/C14H21NS/c1-12(2)8-10-16-14-7-3-5-13(11-14)6-4-9-15/h3-7,11-12H,8-10,15H2,1-2H3. The van der Waals surface area contributed by atoms with Gasteiger partial charge in [0.25, 0.3) is 0 Å². The SMILES string of the molecule is CC(C)CCSc1cccc(C=CCN)c1. The largest absolute Gasteiger partial charge is 0.327 e. The van der Waals surface area contributed by atoms with Crippen LogP contribution in [0.25, 0.3) is 6.08 Å². The first-order chi connectivity index (χ1) is 7.72. The third-order valence-electron chi connectivity index (χ3n) is 2.27. The molecule has 16 heavy (non-hydrogen) atoms. The minimum Gasteiger partial charge on any atom is -0.327 e. The fourth-order valence-corrected chi connectivity index (χ4v) is 2.54. The number of thioether (sulfide) groups is 1. The second-order valence-electron chi connectivity index (χ2n) is 4.24. The molecule has 1 nitrogen and oxygen atoms in total. The monoisotopic (exact) mass is 235 g/mol. The maximum atomic E-state index is 5.44. The van der Waals surface area contributed by atoms with E-state index < -0.39 is 0 Å². The van der Waals surface area contributed by atoms with E-state index in [0.29, 0.717) is 6.54 Å². The quantitative estimate of drug-likeness (QED) is 0.759. The summed E-state index contributed by atoms with van der Waals surface area (Å²) in [5, 5.41) is 0. The van der Waals surface area contributed by atoms with Crippen LogP contribution in [0.3, 0.4) is 0 Å². The van der Waals surface area contributed by atoms with Gasteiger partial charge in [0.2, 0.25) is 0 Å². The first-order valence-electron chi connectivity index (χ1n) is 5.82. The molecule has 0 aromatic heterocycles. The van der Waals surface area contributed by atoms with Crippen LogP contribution in [0.2, 0.25) is 0 Å². The highest BCUT2D eigenvalue weighted by Crippen LogP contribution is 2.21. The molecule has 1 aromatic carbocycles. The van der Waals surface area contributed by atoms with Crippen LogP contribution >= 0.6 is 11.8 Å². The average Bonchev–Trinajstić information content (AvgIpc) is 2.26. The van der Waals surface area contributed by atoms with Crippen LogP contribution in [0.1, 0.15) is 25.8 Å². The lowest BCUT2D eigenvalue weighted by atomic mass is 10.2. The maximum Gasteiger partial charge on any atom is 0.0110 e. The Morgan fingerprint density at radius 2 is 2.19 bits per heavy atom. The first kappa shape index (κ1) is 13.3. The summed E-state index contributed by atoms with van der Waals surface area (Å²) in [5.41, 5.74) is 6.67. The van der Waals surface area contributed by atoms with Gasteiger partial charge in [0.1, 0.15) is 0 Å². The molecule has 2 N–H and O–H groups in total. The molecule has 0 aliphatic carbocycles. The van der Waals surface area contributed by atoms with E-state index in [1.54, 1.807) is 0 Å². The predicted octanol–water partition coefficient (Wildman–Crippen LogP) is 3.80. The Hall–Kier alpha value is -0.730. The number of rotatable bonds is 6. The van der Waals surface area contributed by atoms with E-state index in [2.05, 4.69) is 44.2 Å². The van der Waals surface area contributed by atoms with Crippen LogP contribution in [-0.4, -0.2) is 12.3 Å². The van der Waals surface area contributed by atoms with Gasteiger partial charge in [-0.05, 0) is 35.8 Å². The molecule has 0 unspecified atom stereocenters. The summed E-state index contributed by atoms with van der Waals surface area (Å²) in [4.78, 5) is 1.35. The molecule has 0 spiro atoms. The Labute approximate surface area is 103 Å². The molecule has 0 atom stereocenters. The van der Waals surface area contributed by atoms with Crippen molar-refractivity contribution in [3.8, 4) is 0 Å². The number of benzene rings is 1. The van der Waals surface area contributed by atoms with Crippen molar-refractivity contribution < 1.29 is 0 Å². The lowest BCUT2D eigenvalue weighted by molar-refractivity contribution is 0.632. The van der Waals surface area contributed by atoms with Crippen molar-refractivity contribution in [2.45, 2.75) is 25.2 Å². The molecule has 0 saturated heterocycles. The van der Waals surface area contributed by atoms with Crippen molar-refractivity contribution in [1.82, 2.24) is 0 Å². The zero-order chi connectivity index (χ0) is 11.8. The number of hydrogen-bond acceptors (Lipinski definition) is 2. The summed E-state index contributed by atoms with van der Waals surface area (Å²) < 4.78 is 0. The molecule has 0 amide bonds. The number of nitrogens with two attached hydrogens (primary N) is 1. The van der Waals surface area contributed by atoms with E-state index in [0.717, 1.165) is 5.92 Å². The van der Waals surface area contributed by atoms with Gasteiger partial charge in [-0.2, -0.15) is 0 Å². The van der Waals surface area contributed by atoms with Gasteiger partial charge in [-0.25, -0.2) is 0 Å². The van der Waals surface area contributed by atoms with E-state index in [9.17, 15) is 0 Å². The van der Waals surface area contributed by atoms with Gasteiger partial charge in [-0.15, -0.1) is 11.8 Å². The summed E-state index contributed by atoms with van der Waals surface area (Å²) in [6.07, 6.45) is 5.33. The lowest BCUT2D eigenvalue weighted by Crippen LogP contribution is -1.92. The van der Waals surface area contributed by atoms with Crippen molar-refractivity contribution in [3.63, 3.8) is 0 Å². The van der Waals surface area contributed by atoms with Crippen LogP contribution in [0.4, 0.5) is 0 Å². The average molecular weight is 235 g/mol. The van der Waals surface area contributed by atoms with Gasteiger partial charge in [-0.1, -0.05) is 38.1 Å². The predicted molar refractivity (Wildman–Crippen MR) is 74.7 cm³/mol. The number of hydrogen-bond donors (Lipinski definition) is 1. The van der Waals surface area contributed by atoms with E-state index in [1.807, 2.05) is 17.8 Å². The van der Waals surface area contributed by atoms with Gasteiger partial charge < -0.3 is 5.73 Å². The minimum atomic E-state index is 0.602. The van der Waals surface area contributed by atoms with Gasteiger partial charge >= 0.3 is 0 Å². The fourth-order valence-electron chi connectivity index (χ4n) is 1.32. The molecule has 0 aliphatic heterocycles. The van der Waals surface area contributed by atoms with Gasteiger partial charge in [0.15, 0.2) is 0 Å². The minimum absolute atomic E-state index is 0.602. The molecular formula is C14H21NS. The topological polar surface area (TPSA) is 26.0 Å². The highest BCUT2D eigenvalue weighted by molar-refractivity contribution is 7.99. The third-order valence-corrected chi connectivity index (χ3v) is 3.30. The summed E-state index contributed by atoms with van der Waals surface area (Å²) in [5.74, 6) is 1.98. The van der Waals surface area contributed by atoms with Gasteiger partial charge in [0.05, 0.1) is 0 Å². The summed E-state index contributed by atoms with van der Waals surface area (Å²) in [6, 6.07) is 8.61. The van der Waals surface area contributed by atoms with Gasteiger partial charge in [0, 0.05) is 11.4 Å². The van der Waals surface area contributed by atoms with Crippen molar-refractivity contribution in [2.75, 3.05) is 12.3 Å². The summed E-state index contributed by atoms with van der Waals surface area (Å²) in [6.45, 7) is 5.13.